The molecule has 1 N–H and O–H groups in total. The van der Waals surface area contributed by atoms with Crippen molar-refractivity contribution in [1.82, 2.24) is 10.2 Å². The number of aryl methyl sites for hydroxylation is 1. The normalized spacial score (nSPS) is 12.9. The molecule has 0 radical (unpaired) electrons. The van der Waals surface area contributed by atoms with Crippen LogP contribution in [0.15, 0.2) is 48.5 Å². The van der Waals surface area contributed by atoms with Gasteiger partial charge in [-0.15, -0.1) is 0 Å². The molecule has 2 aromatic rings. The maximum Gasteiger partial charge on any atom is 0.243 e. The molecular weight excluding hydrogens is 367 g/mol. The van der Waals surface area contributed by atoms with Gasteiger partial charge < -0.3 is 10.2 Å². The number of benzene rings is 2. The number of hydrogen-bond acceptors (Lipinski definition) is 2. The van der Waals surface area contributed by atoms with Gasteiger partial charge in [-0.1, -0.05) is 56.3 Å². The lowest BCUT2D eigenvalue weighted by atomic mass is 10.0. The summed E-state index contributed by atoms with van der Waals surface area (Å²) in [6.07, 6.45) is 1.21. The minimum absolute atomic E-state index is 0.0264. The average Bonchev–Trinajstić information content (AvgIpc) is 2.70. The van der Waals surface area contributed by atoms with Crippen LogP contribution < -0.4 is 5.32 Å². The Labute approximate surface area is 173 Å². The van der Waals surface area contributed by atoms with Gasteiger partial charge in [0, 0.05) is 12.6 Å². The minimum atomic E-state index is -0.608. The van der Waals surface area contributed by atoms with E-state index in [4.69, 9.17) is 0 Å². The zero-order chi connectivity index (χ0) is 21.4. The summed E-state index contributed by atoms with van der Waals surface area (Å²) in [5, 5.41) is 2.98. The van der Waals surface area contributed by atoms with Crippen LogP contribution in [0.1, 0.15) is 50.3 Å². The van der Waals surface area contributed by atoms with Crippen LogP contribution in [0.3, 0.4) is 0 Å². The molecule has 0 unspecified atom stereocenters. The maximum atomic E-state index is 14.1. The Balaban J connectivity index is 2.33. The summed E-state index contributed by atoms with van der Waals surface area (Å²) in [6, 6.07) is 13.5. The third-order valence-corrected chi connectivity index (χ3v) is 5.29. The van der Waals surface area contributed by atoms with E-state index in [9.17, 15) is 14.0 Å². The van der Waals surface area contributed by atoms with Gasteiger partial charge in [0.1, 0.15) is 11.9 Å². The summed E-state index contributed by atoms with van der Waals surface area (Å²) in [7, 11) is 0. The smallest absolute Gasteiger partial charge is 0.243 e. The van der Waals surface area contributed by atoms with E-state index >= 15 is 0 Å². The summed E-state index contributed by atoms with van der Waals surface area (Å²) < 4.78 is 14.1. The van der Waals surface area contributed by atoms with E-state index < -0.39 is 11.9 Å². The van der Waals surface area contributed by atoms with Crippen LogP contribution in [-0.2, 0) is 22.6 Å². The van der Waals surface area contributed by atoms with Gasteiger partial charge in [0.25, 0.3) is 0 Å². The fourth-order valence-corrected chi connectivity index (χ4v) is 3.24. The van der Waals surface area contributed by atoms with Crippen molar-refractivity contribution < 1.29 is 14.0 Å². The predicted molar refractivity (Wildman–Crippen MR) is 114 cm³/mol. The van der Waals surface area contributed by atoms with Crippen molar-refractivity contribution in [2.75, 3.05) is 0 Å². The average molecular weight is 399 g/mol. The third-order valence-electron chi connectivity index (χ3n) is 5.29. The van der Waals surface area contributed by atoms with Crippen LogP contribution in [0.4, 0.5) is 4.39 Å². The molecule has 0 aromatic heterocycles. The van der Waals surface area contributed by atoms with E-state index in [2.05, 4.69) is 5.32 Å². The number of halogens is 1. The number of carbonyl (C=O) groups is 2. The van der Waals surface area contributed by atoms with Gasteiger partial charge in [-0.05, 0) is 49.4 Å². The predicted octanol–water partition coefficient (Wildman–Crippen LogP) is 4.40. The first-order chi connectivity index (χ1) is 13.9. The lowest BCUT2D eigenvalue weighted by Crippen LogP contribution is -2.51. The Morgan fingerprint density at radius 3 is 2.21 bits per heavy atom. The van der Waals surface area contributed by atoms with E-state index in [0.717, 1.165) is 17.5 Å². The molecule has 2 amide bonds. The highest BCUT2D eigenvalue weighted by molar-refractivity contribution is 5.88. The second-order valence-electron chi connectivity index (χ2n) is 7.46. The monoisotopic (exact) mass is 398 g/mol. The molecule has 0 aliphatic carbocycles. The summed E-state index contributed by atoms with van der Waals surface area (Å²) in [5.74, 6) is -0.837. The van der Waals surface area contributed by atoms with E-state index in [1.807, 2.05) is 52.0 Å². The molecule has 0 aliphatic rings. The van der Waals surface area contributed by atoms with Crippen molar-refractivity contribution in [2.24, 2.45) is 0 Å². The lowest BCUT2D eigenvalue weighted by Gasteiger charge is -2.32. The van der Waals surface area contributed by atoms with Gasteiger partial charge in [-0.25, -0.2) is 4.39 Å². The maximum absolute atomic E-state index is 14.1. The fourth-order valence-electron chi connectivity index (χ4n) is 3.24. The third kappa shape index (κ3) is 6.14. The molecule has 4 nitrogen and oxygen atoms in total. The van der Waals surface area contributed by atoms with Gasteiger partial charge in [0.2, 0.25) is 11.8 Å². The fraction of sp³-hybridized carbons (Fsp3) is 0.417. The van der Waals surface area contributed by atoms with Crippen LogP contribution in [-0.4, -0.2) is 28.8 Å². The van der Waals surface area contributed by atoms with Crippen LogP contribution in [0.25, 0.3) is 0 Å². The van der Waals surface area contributed by atoms with E-state index in [1.165, 1.54) is 6.07 Å². The molecule has 29 heavy (non-hydrogen) atoms. The minimum Gasteiger partial charge on any atom is -0.352 e. The topological polar surface area (TPSA) is 49.4 Å². The van der Waals surface area contributed by atoms with E-state index in [0.29, 0.717) is 18.5 Å². The number of carbonyl (C=O) groups excluding carboxylic acids is 2. The Morgan fingerprint density at radius 1 is 1.00 bits per heavy atom. The zero-order valence-corrected chi connectivity index (χ0v) is 17.7. The van der Waals surface area contributed by atoms with Crippen LogP contribution >= 0.6 is 0 Å². The van der Waals surface area contributed by atoms with Crippen molar-refractivity contribution in [2.45, 2.75) is 65.6 Å². The summed E-state index contributed by atoms with van der Waals surface area (Å²) in [6.45, 7) is 8.13. The number of rotatable bonds is 9. The standard InChI is InChI=1S/C24H31FN2O2/c1-5-18(4)26-24(29)22(6-2)27(16-20-13-8-7-11-17(20)3)23(28)15-19-12-9-10-14-21(19)25/h7-14,18,22H,5-6,15-16H2,1-4H3,(H,26,29)/t18-,22+/m1/s1. The Bertz CT molecular complexity index is 837. The second-order valence-corrected chi connectivity index (χ2v) is 7.46. The number of nitrogens with one attached hydrogen (secondary N) is 1. The molecule has 0 spiro atoms. The molecule has 0 bridgehead atoms. The molecule has 0 aliphatic heterocycles. The molecule has 2 rings (SSSR count). The molecule has 156 valence electrons. The molecular formula is C24H31FN2O2. The Kier molecular flexibility index (Phi) is 8.37. The van der Waals surface area contributed by atoms with Crippen LogP contribution in [0.5, 0.6) is 0 Å². The highest BCUT2D eigenvalue weighted by atomic mass is 19.1. The highest BCUT2D eigenvalue weighted by Gasteiger charge is 2.29. The van der Waals surface area contributed by atoms with Crippen molar-refractivity contribution in [3.05, 3.63) is 71.0 Å². The van der Waals surface area contributed by atoms with Gasteiger partial charge in [0.05, 0.1) is 6.42 Å². The summed E-state index contributed by atoms with van der Waals surface area (Å²) >= 11 is 0. The number of nitrogens with zero attached hydrogens (tertiary/aromatic N) is 1. The Morgan fingerprint density at radius 2 is 1.62 bits per heavy atom. The first-order valence-electron chi connectivity index (χ1n) is 10.2. The first-order valence-corrected chi connectivity index (χ1v) is 10.2. The number of amides is 2. The molecule has 0 saturated heterocycles. The first kappa shape index (κ1) is 22.6. The zero-order valence-electron chi connectivity index (χ0n) is 17.7. The van der Waals surface area contributed by atoms with Gasteiger partial charge in [-0.3, -0.25) is 9.59 Å². The van der Waals surface area contributed by atoms with E-state index in [1.54, 1.807) is 23.1 Å². The van der Waals surface area contributed by atoms with Crippen molar-refractivity contribution in [3.63, 3.8) is 0 Å². The van der Waals surface area contributed by atoms with Crippen molar-refractivity contribution in [3.8, 4) is 0 Å². The second kappa shape index (κ2) is 10.7. The van der Waals surface area contributed by atoms with Crippen molar-refractivity contribution >= 4 is 11.8 Å². The molecule has 0 saturated carbocycles. The molecule has 0 heterocycles. The summed E-state index contributed by atoms with van der Waals surface area (Å²) in [4.78, 5) is 27.7. The van der Waals surface area contributed by atoms with Gasteiger partial charge >= 0.3 is 0 Å². The van der Waals surface area contributed by atoms with Crippen LogP contribution in [0, 0.1) is 12.7 Å². The number of hydrogen-bond donors (Lipinski definition) is 1. The quantitative estimate of drug-likeness (QED) is 0.681. The van der Waals surface area contributed by atoms with Crippen molar-refractivity contribution in [1.29, 1.82) is 0 Å². The van der Waals surface area contributed by atoms with E-state index in [-0.39, 0.29) is 24.3 Å². The summed E-state index contributed by atoms with van der Waals surface area (Å²) in [5.41, 5.74) is 2.36. The van der Waals surface area contributed by atoms with Gasteiger partial charge in [0.15, 0.2) is 0 Å². The highest BCUT2D eigenvalue weighted by Crippen LogP contribution is 2.18. The molecule has 0 fully saturated rings. The van der Waals surface area contributed by atoms with Crippen LogP contribution in [0.2, 0.25) is 0 Å². The Hall–Kier alpha value is -2.69. The molecule has 2 aromatic carbocycles. The SMILES string of the molecule is CC[C@@H](C)NC(=O)[C@H](CC)N(Cc1ccccc1C)C(=O)Cc1ccccc1F. The molecule has 5 heteroatoms. The lowest BCUT2D eigenvalue weighted by molar-refractivity contribution is -0.141. The largest absolute Gasteiger partial charge is 0.352 e. The van der Waals surface area contributed by atoms with Gasteiger partial charge in [-0.2, -0.15) is 0 Å². The molecule has 2 atom stereocenters.